The maximum absolute atomic E-state index is 5.76. The van der Waals surface area contributed by atoms with Crippen LogP contribution in [0.1, 0.15) is 47.0 Å². The third-order valence-electron chi connectivity index (χ3n) is 2.87. The van der Waals surface area contributed by atoms with Gasteiger partial charge in [-0.25, -0.2) is 0 Å². The zero-order chi connectivity index (χ0) is 16.5. The molecule has 0 aliphatic carbocycles. The minimum absolute atomic E-state index is 0.00895. The molecule has 0 aromatic carbocycles. The van der Waals surface area contributed by atoms with E-state index in [1.165, 1.54) is 0 Å². The lowest BCUT2D eigenvalue weighted by atomic mass is 10.3. The van der Waals surface area contributed by atoms with E-state index in [1.54, 1.807) is 0 Å². The maximum Gasteiger partial charge on any atom is 0.104 e. The van der Waals surface area contributed by atoms with Crippen LogP contribution >= 0.6 is 0 Å². The van der Waals surface area contributed by atoms with Crippen LogP contribution in [0.4, 0.5) is 0 Å². The lowest BCUT2D eigenvalue weighted by Crippen LogP contribution is -2.31. The van der Waals surface area contributed by atoms with Crippen molar-refractivity contribution in [2.75, 3.05) is 52.9 Å². The molecule has 0 aliphatic heterocycles. The summed E-state index contributed by atoms with van der Waals surface area (Å²) in [7, 11) is 0. The molecule has 0 spiro atoms. The summed E-state index contributed by atoms with van der Waals surface area (Å²) in [6.07, 6.45) is 3.01. The van der Waals surface area contributed by atoms with Gasteiger partial charge in [-0.15, -0.1) is 0 Å². The van der Waals surface area contributed by atoms with Crippen LogP contribution in [0, 0.1) is 0 Å². The highest BCUT2D eigenvalue weighted by molar-refractivity contribution is 4.59. The van der Waals surface area contributed by atoms with Crippen molar-refractivity contribution in [3.05, 3.63) is 0 Å². The second-order valence-corrected chi connectivity index (χ2v) is 5.26. The molecule has 0 saturated heterocycles. The van der Waals surface area contributed by atoms with Crippen LogP contribution in [0.3, 0.4) is 0 Å². The average molecular weight is 320 g/mol. The molecule has 0 bridgehead atoms. The topological polar surface area (TPSA) is 46.2 Å². The highest BCUT2D eigenvalue weighted by Crippen LogP contribution is 2.01. The highest BCUT2D eigenvalue weighted by Gasteiger charge is 2.13. The quantitative estimate of drug-likeness (QED) is 0.385. The number of hydrogen-bond donors (Lipinski definition) is 0. The number of hydrogen-bond acceptors (Lipinski definition) is 5. The molecule has 0 aromatic heterocycles. The van der Waals surface area contributed by atoms with Gasteiger partial charge in [-0.3, -0.25) is 0 Å². The van der Waals surface area contributed by atoms with Crippen molar-refractivity contribution in [3.63, 3.8) is 0 Å². The summed E-state index contributed by atoms with van der Waals surface area (Å²) in [6.45, 7) is 13.4. The average Bonchev–Trinajstić information content (AvgIpc) is 2.52. The third kappa shape index (κ3) is 13.5. The van der Waals surface area contributed by atoms with Crippen LogP contribution in [0.5, 0.6) is 0 Å². The Kier molecular flexibility index (Phi) is 17.0. The first-order valence-electron chi connectivity index (χ1n) is 8.74. The molecule has 0 aliphatic rings. The molecule has 2 atom stereocenters. The molecule has 0 N–H and O–H groups in total. The summed E-state index contributed by atoms with van der Waals surface area (Å²) in [5, 5.41) is 0. The smallest absolute Gasteiger partial charge is 0.104 e. The second kappa shape index (κ2) is 17.2. The molecule has 5 nitrogen and oxygen atoms in total. The Morgan fingerprint density at radius 1 is 0.545 bits per heavy atom. The molecule has 0 aromatic rings. The molecule has 0 saturated carbocycles. The minimum atomic E-state index is -0.0139. The Morgan fingerprint density at radius 2 is 1.00 bits per heavy atom. The Balaban J connectivity index is 3.95. The monoisotopic (exact) mass is 320 g/mol. The molecule has 22 heavy (non-hydrogen) atoms. The van der Waals surface area contributed by atoms with Gasteiger partial charge in [0.05, 0.1) is 26.4 Å². The third-order valence-corrected chi connectivity index (χ3v) is 2.87. The fourth-order valence-corrected chi connectivity index (χ4v) is 1.86. The molecular formula is C17H36O5. The van der Waals surface area contributed by atoms with E-state index in [9.17, 15) is 0 Å². The van der Waals surface area contributed by atoms with Crippen LogP contribution in [-0.4, -0.2) is 65.1 Å². The SMILES string of the molecule is CCCOCC(COCC(COCCC)OCCC)OCC. The van der Waals surface area contributed by atoms with E-state index in [0.29, 0.717) is 33.0 Å². The van der Waals surface area contributed by atoms with Crippen molar-refractivity contribution in [2.24, 2.45) is 0 Å². The fourth-order valence-electron chi connectivity index (χ4n) is 1.86. The van der Waals surface area contributed by atoms with E-state index in [0.717, 1.165) is 39.1 Å². The van der Waals surface area contributed by atoms with Crippen LogP contribution in [0.2, 0.25) is 0 Å². The highest BCUT2D eigenvalue weighted by atomic mass is 16.6. The van der Waals surface area contributed by atoms with Crippen molar-refractivity contribution >= 4 is 0 Å². The normalized spacial score (nSPS) is 14.2. The lowest BCUT2D eigenvalue weighted by molar-refractivity contribution is -0.0931. The summed E-state index contributed by atoms with van der Waals surface area (Å²) in [6, 6.07) is 0. The molecule has 0 radical (unpaired) electrons. The zero-order valence-corrected chi connectivity index (χ0v) is 15.0. The Morgan fingerprint density at radius 3 is 1.45 bits per heavy atom. The summed E-state index contributed by atoms with van der Waals surface area (Å²) < 4.78 is 28.2. The van der Waals surface area contributed by atoms with E-state index >= 15 is 0 Å². The molecule has 0 heterocycles. The standard InChI is InChI=1S/C17H36O5/c1-5-9-18-12-16(21-8-4)14-20-15-17(22-11-7-3)13-19-10-6-2/h16-17H,5-15H2,1-4H3. The van der Waals surface area contributed by atoms with Gasteiger partial charge in [-0.1, -0.05) is 20.8 Å². The van der Waals surface area contributed by atoms with E-state index < -0.39 is 0 Å². The predicted octanol–water partition coefficient (Wildman–Crippen LogP) is 3.06. The molecular weight excluding hydrogens is 284 g/mol. The molecule has 134 valence electrons. The first-order valence-corrected chi connectivity index (χ1v) is 8.74. The summed E-state index contributed by atoms with van der Waals surface area (Å²) in [5.74, 6) is 0. The van der Waals surface area contributed by atoms with Crippen molar-refractivity contribution in [1.29, 1.82) is 0 Å². The molecule has 2 unspecified atom stereocenters. The van der Waals surface area contributed by atoms with Gasteiger partial charge in [0.25, 0.3) is 0 Å². The Hall–Kier alpha value is -0.200. The van der Waals surface area contributed by atoms with E-state index in [-0.39, 0.29) is 12.2 Å². The van der Waals surface area contributed by atoms with Crippen molar-refractivity contribution in [1.82, 2.24) is 0 Å². The van der Waals surface area contributed by atoms with Crippen LogP contribution < -0.4 is 0 Å². The van der Waals surface area contributed by atoms with Gasteiger partial charge in [0.2, 0.25) is 0 Å². The Bertz CT molecular complexity index is 213. The summed E-state index contributed by atoms with van der Waals surface area (Å²) in [4.78, 5) is 0. The van der Waals surface area contributed by atoms with E-state index in [4.69, 9.17) is 23.7 Å². The van der Waals surface area contributed by atoms with Crippen molar-refractivity contribution < 1.29 is 23.7 Å². The first kappa shape index (κ1) is 21.8. The van der Waals surface area contributed by atoms with Gasteiger partial charge < -0.3 is 23.7 Å². The van der Waals surface area contributed by atoms with E-state index in [2.05, 4.69) is 20.8 Å². The van der Waals surface area contributed by atoms with Crippen LogP contribution in [0.25, 0.3) is 0 Å². The first-order chi connectivity index (χ1) is 10.8. The number of rotatable bonds is 17. The van der Waals surface area contributed by atoms with Gasteiger partial charge in [0.1, 0.15) is 12.2 Å². The fraction of sp³-hybridized carbons (Fsp3) is 1.00. The van der Waals surface area contributed by atoms with Gasteiger partial charge in [0, 0.05) is 26.4 Å². The summed E-state index contributed by atoms with van der Waals surface area (Å²) in [5.41, 5.74) is 0. The van der Waals surface area contributed by atoms with Gasteiger partial charge in [0.15, 0.2) is 0 Å². The molecule has 0 rings (SSSR count). The molecule has 5 heteroatoms. The molecule has 0 amide bonds. The van der Waals surface area contributed by atoms with Gasteiger partial charge in [-0.2, -0.15) is 0 Å². The number of ether oxygens (including phenoxy) is 5. The second-order valence-electron chi connectivity index (χ2n) is 5.26. The predicted molar refractivity (Wildman–Crippen MR) is 88.5 cm³/mol. The van der Waals surface area contributed by atoms with Crippen molar-refractivity contribution in [3.8, 4) is 0 Å². The lowest BCUT2D eigenvalue weighted by Gasteiger charge is -2.21. The largest absolute Gasteiger partial charge is 0.379 e. The van der Waals surface area contributed by atoms with Gasteiger partial charge in [-0.05, 0) is 26.2 Å². The zero-order valence-electron chi connectivity index (χ0n) is 15.0. The molecule has 0 fully saturated rings. The van der Waals surface area contributed by atoms with Crippen molar-refractivity contribution in [2.45, 2.75) is 59.2 Å². The Labute approximate surface area is 136 Å². The van der Waals surface area contributed by atoms with Crippen LogP contribution in [-0.2, 0) is 23.7 Å². The summed E-state index contributed by atoms with van der Waals surface area (Å²) >= 11 is 0. The maximum atomic E-state index is 5.76. The minimum Gasteiger partial charge on any atom is -0.379 e. The van der Waals surface area contributed by atoms with Gasteiger partial charge >= 0.3 is 0 Å². The van der Waals surface area contributed by atoms with Crippen LogP contribution in [0.15, 0.2) is 0 Å². The van der Waals surface area contributed by atoms with E-state index in [1.807, 2.05) is 6.92 Å².